The smallest absolute Gasteiger partial charge is 0.407 e. The first-order valence-electron chi connectivity index (χ1n) is 11.6. The summed E-state index contributed by atoms with van der Waals surface area (Å²) in [6, 6.07) is 8.05. The van der Waals surface area contributed by atoms with E-state index in [1.54, 1.807) is 6.08 Å². The zero-order valence-electron chi connectivity index (χ0n) is 21.4. The zero-order valence-corrected chi connectivity index (χ0v) is 22.2. The molecule has 1 aliphatic rings. The maximum absolute atomic E-state index is 12.5. The number of aromatic nitrogens is 1. The van der Waals surface area contributed by atoms with Crippen molar-refractivity contribution in [3.8, 4) is 11.1 Å². The molecular weight excluding hydrogens is 462 g/mol. The Bertz CT molecular complexity index is 1180. The number of imide groups is 1. The number of hydrogen-bond donors (Lipinski definition) is 2. The number of aryl methyl sites for hydroxylation is 2. The largest absolute Gasteiger partial charge is 0.445 e. The third-order valence-corrected chi connectivity index (χ3v) is 6.11. The van der Waals surface area contributed by atoms with Gasteiger partial charge in [0.05, 0.1) is 4.91 Å². The molecule has 186 valence electrons. The molecule has 1 aliphatic heterocycles. The van der Waals surface area contributed by atoms with E-state index in [-0.39, 0.29) is 6.61 Å². The standard InChI is InChI=1S/C27H33N3O4S/c1-15(2)12-21-20(14-34-25(32)30-27(5,6)7)23(18-10-8-16(3)9-11-18)19(17(4)28-21)13-22-24(31)29-26(33)35-22/h8-11,13,15H,12,14H2,1-7H3,(H,30,32)(H,29,31,33). The monoisotopic (exact) mass is 495 g/mol. The van der Waals surface area contributed by atoms with Crippen LogP contribution < -0.4 is 10.6 Å². The van der Waals surface area contributed by atoms with Crippen LogP contribution in [0.1, 0.15) is 62.7 Å². The normalized spacial score (nSPS) is 15.0. The van der Waals surface area contributed by atoms with E-state index in [4.69, 9.17) is 9.72 Å². The average molecular weight is 496 g/mol. The molecule has 8 heteroatoms. The number of carbonyl (C=O) groups excluding carboxylic acids is 3. The van der Waals surface area contributed by atoms with Gasteiger partial charge in [0.25, 0.3) is 11.1 Å². The van der Waals surface area contributed by atoms with Gasteiger partial charge in [-0.3, -0.25) is 19.9 Å². The SMILES string of the molecule is Cc1ccc(-c2c(C=C3SC(=O)NC3=O)c(C)nc(CC(C)C)c2COC(=O)NC(C)(C)C)cc1. The fourth-order valence-corrected chi connectivity index (χ4v) is 4.45. The number of nitrogens with zero attached hydrogens (tertiary/aromatic N) is 1. The Labute approximate surface area is 211 Å². The van der Waals surface area contributed by atoms with Crippen molar-refractivity contribution < 1.29 is 19.1 Å². The van der Waals surface area contributed by atoms with Crippen LogP contribution in [-0.2, 0) is 22.6 Å². The van der Waals surface area contributed by atoms with Gasteiger partial charge in [-0.05, 0) is 75.9 Å². The first kappa shape index (κ1) is 26.5. The molecule has 2 aromatic rings. The zero-order chi connectivity index (χ0) is 25.9. The molecule has 35 heavy (non-hydrogen) atoms. The van der Waals surface area contributed by atoms with Crippen LogP contribution in [0.2, 0.25) is 0 Å². The highest BCUT2D eigenvalue weighted by molar-refractivity contribution is 8.18. The van der Waals surface area contributed by atoms with Crippen molar-refractivity contribution in [2.45, 2.75) is 67.0 Å². The molecule has 0 unspecified atom stereocenters. The Balaban J connectivity index is 2.21. The molecule has 2 N–H and O–H groups in total. The number of alkyl carbamates (subject to hydrolysis) is 1. The number of ether oxygens (including phenoxy) is 1. The quantitative estimate of drug-likeness (QED) is 0.483. The predicted molar refractivity (Wildman–Crippen MR) is 140 cm³/mol. The molecule has 2 heterocycles. The van der Waals surface area contributed by atoms with Crippen molar-refractivity contribution in [2.24, 2.45) is 5.92 Å². The topological polar surface area (TPSA) is 97.4 Å². The third-order valence-electron chi connectivity index (χ3n) is 5.30. The molecule has 7 nitrogen and oxygen atoms in total. The van der Waals surface area contributed by atoms with Crippen LogP contribution in [0.4, 0.5) is 9.59 Å². The summed E-state index contributed by atoms with van der Waals surface area (Å²) < 4.78 is 5.67. The summed E-state index contributed by atoms with van der Waals surface area (Å²) >= 11 is 0.867. The second-order valence-corrected chi connectivity index (χ2v) is 11.2. The third kappa shape index (κ3) is 6.94. The van der Waals surface area contributed by atoms with E-state index in [1.807, 2.05) is 58.9 Å². The maximum atomic E-state index is 12.5. The second-order valence-electron chi connectivity index (χ2n) is 10.2. The number of carbonyl (C=O) groups is 3. The lowest BCUT2D eigenvalue weighted by molar-refractivity contribution is -0.115. The van der Waals surface area contributed by atoms with Crippen LogP contribution in [0.15, 0.2) is 29.2 Å². The van der Waals surface area contributed by atoms with Crippen molar-refractivity contribution in [1.82, 2.24) is 15.6 Å². The molecule has 3 amide bonds. The van der Waals surface area contributed by atoms with Crippen molar-refractivity contribution in [3.63, 3.8) is 0 Å². The van der Waals surface area contributed by atoms with Crippen LogP contribution in [0.25, 0.3) is 17.2 Å². The highest BCUT2D eigenvalue weighted by atomic mass is 32.2. The minimum atomic E-state index is -0.514. The van der Waals surface area contributed by atoms with E-state index in [0.717, 1.165) is 51.0 Å². The van der Waals surface area contributed by atoms with Crippen molar-refractivity contribution in [1.29, 1.82) is 0 Å². The second kappa shape index (κ2) is 10.6. The number of benzene rings is 1. The summed E-state index contributed by atoms with van der Waals surface area (Å²) in [4.78, 5) is 41.8. The lowest BCUT2D eigenvalue weighted by atomic mass is 9.90. The Morgan fingerprint density at radius 3 is 2.37 bits per heavy atom. The number of nitrogens with one attached hydrogen (secondary N) is 2. The van der Waals surface area contributed by atoms with Gasteiger partial charge in [0, 0.05) is 28.1 Å². The summed E-state index contributed by atoms with van der Waals surface area (Å²) in [7, 11) is 0. The lowest BCUT2D eigenvalue weighted by Crippen LogP contribution is -2.40. The highest BCUT2D eigenvalue weighted by Gasteiger charge is 2.27. The van der Waals surface area contributed by atoms with E-state index in [9.17, 15) is 14.4 Å². The van der Waals surface area contributed by atoms with Gasteiger partial charge in [-0.2, -0.15) is 0 Å². The summed E-state index contributed by atoms with van der Waals surface area (Å²) in [5.74, 6) is -0.101. The van der Waals surface area contributed by atoms with Gasteiger partial charge < -0.3 is 10.1 Å². The van der Waals surface area contributed by atoms with E-state index in [1.165, 1.54) is 0 Å². The van der Waals surface area contributed by atoms with Crippen LogP contribution in [0, 0.1) is 19.8 Å². The summed E-state index contributed by atoms with van der Waals surface area (Å²) in [6.45, 7) is 13.8. The Hall–Kier alpha value is -3.13. The van der Waals surface area contributed by atoms with Gasteiger partial charge in [0.15, 0.2) is 0 Å². The molecule has 1 saturated heterocycles. The molecule has 0 bridgehead atoms. The molecule has 0 saturated carbocycles. The molecule has 1 aromatic heterocycles. The lowest BCUT2D eigenvalue weighted by Gasteiger charge is -2.23. The average Bonchev–Trinajstić information content (AvgIpc) is 3.04. The van der Waals surface area contributed by atoms with Gasteiger partial charge >= 0.3 is 6.09 Å². The predicted octanol–water partition coefficient (Wildman–Crippen LogP) is 5.91. The van der Waals surface area contributed by atoms with E-state index in [2.05, 4.69) is 24.5 Å². The molecule has 1 aromatic carbocycles. The van der Waals surface area contributed by atoms with Crippen molar-refractivity contribution in [2.75, 3.05) is 0 Å². The molecule has 0 aliphatic carbocycles. The van der Waals surface area contributed by atoms with Gasteiger partial charge in [-0.1, -0.05) is 43.7 Å². The Kier molecular flexibility index (Phi) is 8.05. The molecule has 0 atom stereocenters. The Morgan fingerprint density at radius 2 is 1.83 bits per heavy atom. The van der Waals surface area contributed by atoms with E-state index >= 15 is 0 Å². The fraction of sp³-hybridized carbons (Fsp3) is 0.407. The van der Waals surface area contributed by atoms with E-state index in [0.29, 0.717) is 17.2 Å². The number of pyridine rings is 1. The minimum absolute atomic E-state index is 0.0227. The number of amides is 3. The van der Waals surface area contributed by atoms with Gasteiger partial charge in [0.1, 0.15) is 6.61 Å². The van der Waals surface area contributed by atoms with Crippen LogP contribution in [0.5, 0.6) is 0 Å². The highest BCUT2D eigenvalue weighted by Crippen LogP contribution is 2.36. The van der Waals surface area contributed by atoms with Gasteiger partial charge in [-0.15, -0.1) is 0 Å². The molecular formula is C27H33N3O4S. The molecule has 1 fully saturated rings. The number of rotatable bonds is 6. The first-order valence-corrected chi connectivity index (χ1v) is 12.4. The summed E-state index contributed by atoms with van der Waals surface area (Å²) in [5, 5.41) is 4.73. The van der Waals surface area contributed by atoms with Crippen molar-refractivity contribution in [3.05, 3.63) is 57.2 Å². The molecule has 3 rings (SSSR count). The van der Waals surface area contributed by atoms with Crippen LogP contribution >= 0.6 is 11.8 Å². The summed E-state index contributed by atoms with van der Waals surface area (Å²) in [6.07, 6.45) is 1.89. The molecule has 0 spiro atoms. The number of hydrogen-bond acceptors (Lipinski definition) is 6. The summed E-state index contributed by atoms with van der Waals surface area (Å²) in [5.41, 5.74) is 5.54. The first-order chi connectivity index (χ1) is 16.3. The number of thioether (sulfide) groups is 1. The van der Waals surface area contributed by atoms with Gasteiger partial charge in [0.2, 0.25) is 0 Å². The van der Waals surface area contributed by atoms with Crippen LogP contribution in [0.3, 0.4) is 0 Å². The minimum Gasteiger partial charge on any atom is -0.445 e. The van der Waals surface area contributed by atoms with Gasteiger partial charge in [-0.25, -0.2) is 4.79 Å². The van der Waals surface area contributed by atoms with Crippen LogP contribution in [-0.4, -0.2) is 27.8 Å². The molecule has 0 radical (unpaired) electrons. The Morgan fingerprint density at radius 1 is 1.17 bits per heavy atom. The fourth-order valence-electron chi connectivity index (χ4n) is 3.79. The van der Waals surface area contributed by atoms with Crippen molar-refractivity contribution >= 4 is 35.1 Å². The van der Waals surface area contributed by atoms with E-state index < -0.39 is 22.8 Å². The maximum Gasteiger partial charge on any atom is 0.407 e.